The minimum absolute atomic E-state index is 0.222. The fourth-order valence-corrected chi connectivity index (χ4v) is 3.59. The van der Waals surface area contributed by atoms with E-state index in [4.69, 9.17) is 14.3 Å². The summed E-state index contributed by atoms with van der Waals surface area (Å²) in [6, 6.07) is 18.1. The summed E-state index contributed by atoms with van der Waals surface area (Å²) in [4.78, 5) is 8.98. The van der Waals surface area contributed by atoms with Gasteiger partial charge in [0.2, 0.25) is 5.71 Å². The number of furan rings is 1. The second-order valence-electron chi connectivity index (χ2n) is 6.94. The monoisotopic (exact) mass is 388 g/mol. The summed E-state index contributed by atoms with van der Waals surface area (Å²) in [6.07, 6.45) is 5.11. The van der Waals surface area contributed by atoms with E-state index in [1.54, 1.807) is 13.4 Å². The van der Waals surface area contributed by atoms with Crippen LogP contribution in [-0.4, -0.2) is 28.8 Å². The van der Waals surface area contributed by atoms with Gasteiger partial charge in [0.25, 0.3) is 0 Å². The summed E-state index contributed by atoms with van der Waals surface area (Å²) in [7, 11) is 1.66. The molecule has 0 saturated heterocycles. The van der Waals surface area contributed by atoms with Gasteiger partial charge in [-0.2, -0.15) is 0 Å². The average Bonchev–Trinajstić information content (AvgIpc) is 3.18. The first-order valence-electron chi connectivity index (χ1n) is 9.89. The third-order valence-electron chi connectivity index (χ3n) is 5.05. The molecule has 0 amide bonds. The minimum Gasteiger partial charge on any atom is -0.497 e. The van der Waals surface area contributed by atoms with Crippen molar-refractivity contribution in [1.29, 1.82) is 0 Å². The number of ether oxygens (including phenoxy) is 1. The lowest BCUT2D eigenvalue weighted by molar-refractivity contribution is 0.283. The number of aliphatic hydroxyl groups excluding tert-OH is 1. The molecule has 0 saturated carbocycles. The Hall–Kier alpha value is -3.18. The van der Waals surface area contributed by atoms with Crippen molar-refractivity contribution in [2.45, 2.75) is 25.7 Å². The molecule has 4 rings (SSSR count). The molecule has 0 aliphatic carbocycles. The zero-order valence-corrected chi connectivity index (χ0v) is 16.5. The molecule has 148 valence electrons. The fraction of sp³-hybridized carbons (Fsp3) is 0.250. The number of fused-ring (bicyclic) bond motifs is 1. The minimum atomic E-state index is 0.222. The van der Waals surface area contributed by atoms with Gasteiger partial charge in [0.05, 0.1) is 18.2 Å². The molecule has 0 fully saturated rings. The van der Waals surface area contributed by atoms with E-state index < -0.39 is 0 Å². The van der Waals surface area contributed by atoms with Crippen molar-refractivity contribution < 1.29 is 14.3 Å². The number of nitrogens with zero attached hydrogens (tertiary/aromatic N) is 2. The summed E-state index contributed by atoms with van der Waals surface area (Å²) >= 11 is 0. The van der Waals surface area contributed by atoms with Gasteiger partial charge in [0.1, 0.15) is 17.8 Å². The van der Waals surface area contributed by atoms with Crippen LogP contribution in [0.4, 0.5) is 0 Å². The van der Waals surface area contributed by atoms with E-state index in [9.17, 15) is 0 Å². The normalized spacial score (nSPS) is 11.1. The number of aromatic nitrogens is 2. The molecule has 0 radical (unpaired) electrons. The van der Waals surface area contributed by atoms with Crippen molar-refractivity contribution in [3.05, 3.63) is 66.6 Å². The molecule has 5 nitrogen and oxygen atoms in total. The van der Waals surface area contributed by atoms with Crippen LogP contribution in [0.1, 0.15) is 25.0 Å². The highest BCUT2D eigenvalue weighted by Crippen LogP contribution is 2.41. The van der Waals surface area contributed by atoms with E-state index in [-0.39, 0.29) is 6.61 Å². The SMILES string of the molecule is COc1ccc(-c2c(-c3ccccc3)oc3ncnc(CCCCCO)c23)cc1. The number of aliphatic hydroxyl groups is 1. The fourth-order valence-electron chi connectivity index (χ4n) is 3.59. The largest absolute Gasteiger partial charge is 0.497 e. The highest BCUT2D eigenvalue weighted by atomic mass is 16.5. The number of rotatable bonds is 8. The van der Waals surface area contributed by atoms with Gasteiger partial charge in [-0.25, -0.2) is 9.97 Å². The Morgan fingerprint density at radius 2 is 1.69 bits per heavy atom. The Morgan fingerprint density at radius 3 is 2.41 bits per heavy atom. The van der Waals surface area contributed by atoms with Crippen molar-refractivity contribution in [1.82, 2.24) is 9.97 Å². The topological polar surface area (TPSA) is 68.4 Å². The van der Waals surface area contributed by atoms with E-state index >= 15 is 0 Å². The lowest BCUT2D eigenvalue weighted by Gasteiger charge is -2.07. The number of aryl methyl sites for hydroxylation is 1. The summed E-state index contributed by atoms with van der Waals surface area (Å²) in [5.74, 6) is 1.60. The van der Waals surface area contributed by atoms with Gasteiger partial charge in [0, 0.05) is 17.7 Å². The van der Waals surface area contributed by atoms with Crippen LogP contribution in [0.2, 0.25) is 0 Å². The Balaban J connectivity index is 1.88. The van der Waals surface area contributed by atoms with Crippen molar-refractivity contribution in [2.24, 2.45) is 0 Å². The van der Waals surface area contributed by atoms with Gasteiger partial charge in [-0.05, 0) is 37.0 Å². The average molecular weight is 388 g/mol. The summed E-state index contributed by atoms with van der Waals surface area (Å²) in [5, 5.41) is 10.0. The molecule has 29 heavy (non-hydrogen) atoms. The van der Waals surface area contributed by atoms with Gasteiger partial charge in [-0.15, -0.1) is 0 Å². The Bertz CT molecular complexity index is 1070. The number of unbranched alkanes of at least 4 members (excludes halogenated alkanes) is 2. The van der Waals surface area contributed by atoms with Crippen LogP contribution in [0, 0.1) is 0 Å². The summed E-state index contributed by atoms with van der Waals surface area (Å²) in [6.45, 7) is 0.222. The van der Waals surface area contributed by atoms with Crippen LogP contribution in [0.15, 0.2) is 65.3 Å². The van der Waals surface area contributed by atoms with Crippen LogP contribution >= 0.6 is 0 Å². The Labute approximate surface area is 170 Å². The highest BCUT2D eigenvalue weighted by molar-refractivity contribution is 6.01. The van der Waals surface area contributed by atoms with Crippen molar-refractivity contribution in [3.8, 4) is 28.2 Å². The summed E-state index contributed by atoms with van der Waals surface area (Å²) in [5.41, 5.74) is 4.62. The highest BCUT2D eigenvalue weighted by Gasteiger charge is 2.21. The van der Waals surface area contributed by atoms with E-state index in [0.29, 0.717) is 5.71 Å². The van der Waals surface area contributed by atoms with E-state index in [1.165, 1.54) is 0 Å². The zero-order chi connectivity index (χ0) is 20.1. The van der Waals surface area contributed by atoms with Gasteiger partial charge in [-0.3, -0.25) is 0 Å². The smallest absolute Gasteiger partial charge is 0.230 e. The lowest BCUT2D eigenvalue weighted by atomic mass is 9.97. The molecule has 0 bridgehead atoms. The molecule has 2 aromatic carbocycles. The predicted octanol–water partition coefficient (Wildman–Crippen LogP) is 5.27. The third-order valence-corrected chi connectivity index (χ3v) is 5.05. The van der Waals surface area contributed by atoms with Crippen LogP contribution in [-0.2, 0) is 6.42 Å². The molecule has 0 aliphatic rings. The standard InChI is InChI=1S/C24H24N2O3/c1-28-19-13-11-17(12-14-19)21-22-20(10-6-3-7-15-27)25-16-26-24(22)29-23(21)18-8-4-2-5-9-18/h2,4-5,8-9,11-14,16,27H,3,6-7,10,15H2,1H3. The molecule has 4 aromatic rings. The van der Waals surface area contributed by atoms with Crippen molar-refractivity contribution in [3.63, 3.8) is 0 Å². The Kier molecular flexibility index (Phi) is 5.86. The summed E-state index contributed by atoms with van der Waals surface area (Å²) < 4.78 is 11.6. The maximum atomic E-state index is 9.05. The maximum absolute atomic E-state index is 9.05. The first kappa shape index (κ1) is 19.2. The zero-order valence-electron chi connectivity index (χ0n) is 16.5. The molecule has 1 N–H and O–H groups in total. The lowest BCUT2D eigenvalue weighted by Crippen LogP contribution is -1.95. The second kappa shape index (κ2) is 8.88. The van der Waals surface area contributed by atoms with E-state index in [0.717, 1.165) is 65.0 Å². The van der Waals surface area contributed by atoms with Gasteiger partial charge in [-0.1, -0.05) is 48.9 Å². The van der Waals surface area contributed by atoms with Gasteiger partial charge >= 0.3 is 0 Å². The second-order valence-corrected chi connectivity index (χ2v) is 6.94. The molecule has 0 spiro atoms. The number of hydrogen-bond donors (Lipinski definition) is 1. The first-order valence-corrected chi connectivity index (χ1v) is 9.89. The molecule has 0 unspecified atom stereocenters. The number of benzene rings is 2. The van der Waals surface area contributed by atoms with Crippen LogP contribution in [0.25, 0.3) is 33.6 Å². The molecule has 0 aliphatic heterocycles. The number of hydrogen-bond acceptors (Lipinski definition) is 5. The van der Waals surface area contributed by atoms with Crippen molar-refractivity contribution >= 4 is 11.1 Å². The van der Waals surface area contributed by atoms with Gasteiger partial charge in [0.15, 0.2) is 0 Å². The van der Waals surface area contributed by atoms with Crippen LogP contribution < -0.4 is 4.74 Å². The molecule has 2 heterocycles. The first-order chi connectivity index (χ1) is 14.3. The van der Waals surface area contributed by atoms with Gasteiger partial charge < -0.3 is 14.3 Å². The molecule has 2 aromatic heterocycles. The predicted molar refractivity (Wildman–Crippen MR) is 114 cm³/mol. The van der Waals surface area contributed by atoms with E-state index in [1.807, 2.05) is 54.6 Å². The van der Waals surface area contributed by atoms with E-state index in [2.05, 4.69) is 9.97 Å². The molecular formula is C24H24N2O3. The molecule has 0 atom stereocenters. The molecule has 5 heteroatoms. The molecular weight excluding hydrogens is 364 g/mol. The maximum Gasteiger partial charge on any atom is 0.230 e. The Morgan fingerprint density at radius 1 is 0.897 bits per heavy atom. The van der Waals surface area contributed by atoms with Crippen LogP contribution in [0.5, 0.6) is 5.75 Å². The quantitative estimate of drug-likeness (QED) is 0.416. The number of methoxy groups -OCH3 is 1. The third kappa shape index (κ3) is 4.00. The van der Waals surface area contributed by atoms with Crippen LogP contribution in [0.3, 0.4) is 0 Å². The van der Waals surface area contributed by atoms with Crippen molar-refractivity contribution in [2.75, 3.05) is 13.7 Å².